The van der Waals surface area contributed by atoms with Crippen molar-refractivity contribution in [2.45, 2.75) is 222 Å². The van der Waals surface area contributed by atoms with Crippen molar-refractivity contribution in [1.29, 1.82) is 0 Å². The molecule has 22 rings (SSSR count). The van der Waals surface area contributed by atoms with Crippen molar-refractivity contribution in [2.75, 3.05) is 9.80 Å². The van der Waals surface area contributed by atoms with Crippen molar-refractivity contribution < 1.29 is 0 Å². The number of anilines is 5. The van der Waals surface area contributed by atoms with Crippen molar-refractivity contribution in [1.82, 2.24) is 9.13 Å². The Balaban J connectivity index is 0.971. The Morgan fingerprint density at radius 3 is 0.828 bits per heavy atom. The molecule has 0 saturated carbocycles. The van der Waals surface area contributed by atoms with Crippen molar-refractivity contribution in [3.05, 3.63) is 426 Å². The Labute approximate surface area is 862 Å². The van der Waals surface area contributed by atoms with E-state index in [1.54, 1.807) is 0 Å². The van der Waals surface area contributed by atoms with E-state index >= 15 is 0 Å². The SMILES string of the molecule is CC(C)(C)c1cc(-c2cc3c4c(c2)N(c2c(-c5cccc(-c6ccccc6)c5)cc(C(C)(C)C)cc2-c2cccc(-c5ccccc5)c2)c2cc(-n5c6ccc(C(C)(C)C)cc6c6cc(C(C)(C)C)ccc65)ccc2B4C2=C(C=C(n4c5ccc(C(C)(C)C)cc5c5cc(C(C)(C)C)ccc54)CC2)N3c2c(-c3cccc(-c4ccccc4)c3)cc(C(C)(C)C)cc2-c2cccc(-c3ccccc3)c2)cc(C(C)(C)C)c1. The van der Waals surface area contributed by atoms with Crippen LogP contribution in [0.15, 0.2) is 381 Å². The average Bonchev–Trinajstić information content (AvgIpc) is 1.33. The molecule has 720 valence electrons. The number of hydrogen-bond donors (Lipinski definition) is 0. The van der Waals surface area contributed by atoms with Gasteiger partial charge >= 0.3 is 0 Å². The summed E-state index contributed by atoms with van der Waals surface area (Å²) in [5.41, 5.74) is 47.2. The molecule has 4 heterocycles. The highest BCUT2D eigenvalue weighted by Crippen LogP contribution is 2.59. The van der Waals surface area contributed by atoms with Crippen LogP contribution < -0.4 is 20.7 Å². The predicted molar refractivity (Wildman–Crippen MR) is 628 cm³/mol. The van der Waals surface area contributed by atoms with Crippen LogP contribution >= 0.6 is 0 Å². The molecule has 0 fully saturated rings. The van der Waals surface area contributed by atoms with E-state index in [0.717, 1.165) is 130 Å². The van der Waals surface area contributed by atoms with Gasteiger partial charge in [-0.25, -0.2) is 0 Å². The van der Waals surface area contributed by atoms with Crippen LogP contribution in [-0.4, -0.2) is 15.8 Å². The Morgan fingerprint density at radius 2 is 0.497 bits per heavy atom. The van der Waals surface area contributed by atoms with Gasteiger partial charge in [0.2, 0.25) is 6.71 Å². The normalized spacial score (nSPS) is 13.8. The summed E-state index contributed by atoms with van der Waals surface area (Å²) in [4.78, 5) is 5.72. The van der Waals surface area contributed by atoms with E-state index in [-0.39, 0.29) is 50.0 Å². The maximum atomic E-state index is 2.88. The molecule has 4 nitrogen and oxygen atoms in total. The van der Waals surface area contributed by atoms with Gasteiger partial charge in [0.25, 0.3) is 0 Å². The Bertz CT molecular complexity index is 8080. The fraction of sp³-hybridized carbons (Fsp3) is 0.243. The number of allylic oxidation sites excluding steroid dienone is 3. The van der Waals surface area contributed by atoms with E-state index in [0.29, 0.717) is 0 Å². The van der Waals surface area contributed by atoms with E-state index in [2.05, 4.69) is 555 Å². The van der Waals surface area contributed by atoms with Crippen LogP contribution in [0.2, 0.25) is 0 Å². The first-order valence-corrected chi connectivity index (χ1v) is 52.6. The minimum atomic E-state index is -0.327. The lowest BCUT2D eigenvalue weighted by Crippen LogP contribution is -2.56. The molecule has 5 heteroatoms. The summed E-state index contributed by atoms with van der Waals surface area (Å²) in [5, 5.41) is 5.05. The van der Waals surface area contributed by atoms with Gasteiger partial charge in [-0.1, -0.05) is 414 Å². The standard InChI is InChI=1S/C140H137BN4/c1-133(2,3)102-57-65-122-116(78-102)117-79-103(134(4,5)6)58-66-123(117)142(122)110-61-63-120-126(86-110)144(131-112(96-53-37-49-92(69-96)88-41-29-25-30-42-88)82-108(139(19,20)21)83-113(131)97-54-38-50-93(70-97)89-43-31-26-32-44-89)128-75-101(100-73-106(137(13,14)15)77-107(74-100)138(16,17)18)76-129-130(128)141(120)121-64-62-111(143-124-67-59-104(135(7,8)9)80-118(124)119-81-105(136(10,11)12)60-68-125(119)143)87-127(121)145(129)132-114(98-55-39-51-94(71-98)90-45-33-27-34-46-90)84-109(140(22,23)24)85-115(132)99-56-40-52-95(72-99)91-47-35-28-36-48-91/h25-61,63,65-87H,62,64H2,1-24H3. The lowest BCUT2D eigenvalue weighted by Gasteiger charge is -2.47. The zero-order chi connectivity index (χ0) is 101. The summed E-state index contributed by atoms with van der Waals surface area (Å²) < 4.78 is 5.31. The van der Waals surface area contributed by atoms with E-state index in [1.807, 2.05) is 0 Å². The van der Waals surface area contributed by atoms with Crippen LogP contribution in [-0.2, 0) is 43.3 Å². The number of nitrogens with zero attached hydrogens (tertiary/aromatic N) is 4. The van der Waals surface area contributed by atoms with Crippen molar-refractivity contribution in [3.63, 3.8) is 0 Å². The van der Waals surface area contributed by atoms with Gasteiger partial charge in [-0.2, -0.15) is 0 Å². The second-order valence-electron chi connectivity index (χ2n) is 49.8. The Morgan fingerprint density at radius 1 is 0.207 bits per heavy atom. The summed E-state index contributed by atoms with van der Waals surface area (Å²) in [6.45, 7) is 56.9. The van der Waals surface area contributed by atoms with Crippen molar-refractivity contribution in [3.8, 4) is 106 Å². The molecule has 145 heavy (non-hydrogen) atoms. The lowest BCUT2D eigenvalue weighted by molar-refractivity contribution is 0.569. The summed E-state index contributed by atoms with van der Waals surface area (Å²) >= 11 is 0. The Kier molecular flexibility index (Phi) is 23.1. The fourth-order valence-corrected chi connectivity index (χ4v) is 22.9. The zero-order valence-electron chi connectivity index (χ0n) is 89.5. The first-order valence-electron chi connectivity index (χ1n) is 52.6. The molecule has 0 N–H and O–H groups in total. The molecule has 2 aliphatic heterocycles. The third-order valence-electron chi connectivity index (χ3n) is 31.4. The molecule has 3 aliphatic rings. The molecular formula is C140H137BN4. The monoisotopic (exact) mass is 1890 g/mol. The molecule has 1 aliphatic carbocycles. The highest BCUT2D eigenvalue weighted by molar-refractivity contribution is 6.95. The van der Waals surface area contributed by atoms with Crippen molar-refractivity contribution >= 4 is 95.4 Å². The van der Waals surface area contributed by atoms with Crippen LogP contribution in [0.5, 0.6) is 0 Å². The highest BCUT2D eigenvalue weighted by atomic mass is 15.2. The summed E-state index contributed by atoms with van der Waals surface area (Å²) in [5.74, 6) is 0. The molecule has 0 amide bonds. The number of hydrogen-bond acceptors (Lipinski definition) is 2. The molecule has 2 aromatic heterocycles. The summed E-state index contributed by atoms with van der Waals surface area (Å²) in [6.07, 6.45) is 4.20. The maximum Gasteiger partial charge on any atom is 0.247 e. The van der Waals surface area contributed by atoms with Gasteiger partial charge < -0.3 is 18.9 Å². The third-order valence-corrected chi connectivity index (χ3v) is 31.4. The van der Waals surface area contributed by atoms with Crippen LogP contribution in [0, 0.1) is 0 Å². The van der Waals surface area contributed by atoms with Crippen LogP contribution in [0.3, 0.4) is 0 Å². The Hall–Kier alpha value is -14.5. The molecule has 0 atom stereocenters. The molecule has 0 saturated heterocycles. The molecule has 0 radical (unpaired) electrons. The third kappa shape index (κ3) is 17.4. The largest absolute Gasteiger partial charge is 0.313 e. The van der Waals surface area contributed by atoms with E-state index in [4.69, 9.17) is 0 Å². The molecule has 19 aromatic rings. The summed E-state index contributed by atoms with van der Waals surface area (Å²) in [6, 6.07) is 143. The molecular weight excluding hydrogens is 1750 g/mol. The number of aromatic nitrogens is 2. The van der Waals surface area contributed by atoms with E-state index in [1.165, 1.54) is 133 Å². The lowest BCUT2D eigenvalue weighted by atomic mass is 9.32. The maximum absolute atomic E-state index is 2.88. The number of rotatable bonds is 13. The molecule has 0 unspecified atom stereocenters. The smallest absolute Gasteiger partial charge is 0.247 e. The van der Waals surface area contributed by atoms with E-state index in [9.17, 15) is 0 Å². The second-order valence-corrected chi connectivity index (χ2v) is 49.8. The minimum Gasteiger partial charge on any atom is -0.313 e. The first-order chi connectivity index (χ1) is 68.9. The van der Waals surface area contributed by atoms with Crippen LogP contribution in [0.4, 0.5) is 28.4 Å². The molecule has 17 aromatic carbocycles. The van der Waals surface area contributed by atoms with Gasteiger partial charge in [-0.05, 0) is 317 Å². The van der Waals surface area contributed by atoms with Crippen LogP contribution in [0.25, 0.3) is 155 Å². The van der Waals surface area contributed by atoms with Gasteiger partial charge in [-0.3, -0.25) is 0 Å². The topological polar surface area (TPSA) is 16.3 Å². The number of benzene rings is 17. The van der Waals surface area contributed by atoms with Crippen molar-refractivity contribution in [2.24, 2.45) is 0 Å². The predicted octanol–water partition coefficient (Wildman–Crippen LogP) is 37.9. The van der Waals surface area contributed by atoms with Gasteiger partial charge in [0.05, 0.1) is 33.4 Å². The fourth-order valence-electron chi connectivity index (χ4n) is 22.9. The number of fused-ring (bicyclic) bond motifs is 9. The second kappa shape index (κ2) is 35.2. The van der Waals surface area contributed by atoms with Crippen LogP contribution in [0.1, 0.15) is 224 Å². The van der Waals surface area contributed by atoms with Gasteiger partial charge in [0.15, 0.2) is 0 Å². The van der Waals surface area contributed by atoms with Gasteiger partial charge in [-0.15, -0.1) is 0 Å². The molecule has 0 spiro atoms. The quantitative estimate of drug-likeness (QED) is 0.107. The highest BCUT2D eigenvalue weighted by Gasteiger charge is 2.48. The van der Waals surface area contributed by atoms with Gasteiger partial charge in [0, 0.05) is 77.9 Å². The zero-order valence-corrected chi connectivity index (χ0v) is 89.5. The first kappa shape index (κ1) is 95.3. The molecule has 0 bridgehead atoms. The average molecular weight is 1890 g/mol. The summed E-state index contributed by atoms with van der Waals surface area (Å²) in [7, 11) is 0. The van der Waals surface area contributed by atoms with Gasteiger partial charge in [0.1, 0.15) is 0 Å². The minimum absolute atomic E-state index is 0.106. The van der Waals surface area contributed by atoms with E-state index < -0.39 is 0 Å².